The Labute approximate surface area is 102 Å². The number of aliphatic hydroxyl groups is 1. The number of nitrogens with zero attached hydrogens (tertiary/aromatic N) is 1. The van der Waals surface area contributed by atoms with Crippen molar-refractivity contribution in [2.45, 2.75) is 26.3 Å². The Morgan fingerprint density at radius 2 is 2.12 bits per heavy atom. The largest absolute Gasteiger partial charge is 0.395 e. The number of hydrogen-bond donors (Lipinski definition) is 2. The van der Waals surface area contributed by atoms with Gasteiger partial charge in [0.1, 0.15) is 5.82 Å². The van der Waals surface area contributed by atoms with E-state index >= 15 is 0 Å². The summed E-state index contributed by atoms with van der Waals surface area (Å²) < 4.78 is 13.9. The van der Waals surface area contributed by atoms with E-state index in [2.05, 4.69) is 0 Å². The van der Waals surface area contributed by atoms with Gasteiger partial charge in [-0.05, 0) is 25.0 Å². The lowest BCUT2D eigenvalue weighted by Gasteiger charge is -2.27. The summed E-state index contributed by atoms with van der Waals surface area (Å²) >= 11 is 0. The SMILES string of the molecule is CCCN(CCO)c1c(F)cccc1[C@@H](C)N. The molecular weight excluding hydrogens is 219 g/mol. The molecule has 3 N–H and O–H groups in total. The predicted molar refractivity (Wildman–Crippen MR) is 68.6 cm³/mol. The van der Waals surface area contributed by atoms with Crippen molar-refractivity contribution in [2.24, 2.45) is 5.73 Å². The predicted octanol–water partition coefficient (Wildman–Crippen LogP) is 2.05. The van der Waals surface area contributed by atoms with Crippen LogP contribution < -0.4 is 10.6 Å². The molecule has 0 aromatic heterocycles. The zero-order chi connectivity index (χ0) is 12.8. The van der Waals surface area contributed by atoms with Gasteiger partial charge in [0.15, 0.2) is 0 Å². The van der Waals surface area contributed by atoms with Crippen LogP contribution in [-0.2, 0) is 0 Å². The van der Waals surface area contributed by atoms with E-state index in [9.17, 15) is 4.39 Å². The van der Waals surface area contributed by atoms with Gasteiger partial charge in [0, 0.05) is 19.1 Å². The highest BCUT2D eigenvalue weighted by Gasteiger charge is 2.17. The fraction of sp³-hybridized carbons (Fsp3) is 0.538. The number of nitrogens with two attached hydrogens (primary N) is 1. The molecular formula is C13H21FN2O. The van der Waals surface area contributed by atoms with Crippen LogP contribution in [0.4, 0.5) is 10.1 Å². The van der Waals surface area contributed by atoms with Crippen LogP contribution in [0.1, 0.15) is 31.9 Å². The minimum absolute atomic E-state index is 0.00667. The third kappa shape index (κ3) is 3.41. The van der Waals surface area contributed by atoms with E-state index < -0.39 is 0 Å². The Hall–Kier alpha value is -1.13. The summed E-state index contributed by atoms with van der Waals surface area (Å²) in [7, 11) is 0. The standard InChI is InChI=1S/C13H21FN2O/c1-3-7-16(8-9-17)13-11(10(2)15)5-4-6-12(13)14/h4-6,10,17H,3,7-9,15H2,1-2H3/t10-/m1/s1. The van der Waals surface area contributed by atoms with Crippen LogP contribution in [0.3, 0.4) is 0 Å². The molecule has 1 atom stereocenters. The van der Waals surface area contributed by atoms with E-state index in [4.69, 9.17) is 10.8 Å². The minimum atomic E-state index is -0.276. The number of aliphatic hydroxyl groups excluding tert-OH is 1. The summed E-state index contributed by atoms with van der Waals surface area (Å²) in [6, 6.07) is 4.71. The zero-order valence-corrected chi connectivity index (χ0v) is 10.5. The smallest absolute Gasteiger partial charge is 0.146 e. The summed E-state index contributed by atoms with van der Waals surface area (Å²) in [6.45, 7) is 5.00. The van der Waals surface area contributed by atoms with E-state index in [1.54, 1.807) is 6.07 Å². The average Bonchev–Trinajstić information content (AvgIpc) is 2.28. The van der Waals surface area contributed by atoms with Gasteiger partial charge >= 0.3 is 0 Å². The number of anilines is 1. The van der Waals surface area contributed by atoms with Crippen molar-refractivity contribution in [3.8, 4) is 0 Å². The van der Waals surface area contributed by atoms with E-state index in [-0.39, 0.29) is 18.5 Å². The van der Waals surface area contributed by atoms with Crippen molar-refractivity contribution in [3.05, 3.63) is 29.6 Å². The van der Waals surface area contributed by atoms with Crippen LogP contribution in [0, 0.1) is 5.82 Å². The molecule has 0 fully saturated rings. The van der Waals surface area contributed by atoms with Crippen molar-refractivity contribution >= 4 is 5.69 Å². The van der Waals surface area contributed by atoms with Crippen molar-refractivity contribution in [1.29, 1.82) is 0 Å². The molecule has 1 rings (SSSR count). The van der Waals surface area contributed by atoms with Crippen molar-refractivity contribution in [1.82, 2.24) is 0 Å². The van der Waals surface area contributed by atoms with Crippen molar-refractivity contribution in [3.63, 3.8) is 0 Å². The molecule has 0 aliphatic rings. The van der Waals surface area contributed by atoms with Crippen LogP contribution in [0.5, 0.6) is 0 Å². The summed E-state index contributed by atoms with van der Waals surface area (Å²) in [5.41, 5.74) is 7.17. The molecule has 96 valence electrons. The number of rotatable bonds is 6. The molecule has 0 aliphatic carbocycles. The minimum Gasteiger partial charge on any atom is -0.395 e. The Morgan fingerprint density at radius 3 is 2.65 bits per heavy atom. The molecule has 0 amide bonds. The molecule has 0 bridgehead atoms. The van der Waals surface area contributed by atoms with Crippen molar-refractivity contribution in [2.75, 3.05) is 24.6 Å². The van der Waals surface area contributed by atoms with Gasteiger partial charge < -0.3 is 15.7 Å². The summed E-state index contributed by atoms with van der Waals surface area (Å²) in [5.74, 6) is -0.276. The lowest BCUT2D eigenvalue weighted by atomic mass is 10.0. The van der Waals surface area contributed by atoms with Crippen LogP contribution in [0.15, 0.2) is 18.2 Å². The molecule has 0 aliphatic heterocycles. The van der Waals surface area contributed by atoms with Gasteiger partial charge in [-0.1, -0.05) is 19.1 Å². The number of para-hydroxylation sites is 1. The topological polar surface area (TPSA) is 49.5 Å². The van der Waals surface area contributed by atoms with Crippen LogP contribution >= 0.6 is 0 Å². The summed E-state index contributed by atoms with van der Waals surface area (Å²) in [6.07, 6.45) is 0.896. The van der Waals surface area contributed by atoms with Crippen LogP contribution in [0.25, 0.3) is 0 Å². The first kappa shape index (κ1) is 13.9. The third-order valence-electron chi connectivity index (χ3n) is 2.69. The van der Waals surface area contributed by atoms with Crippen LogP contribution in [-0.4, -0.2) is 24.8 Å². The summed E-state index contributed by atoms with van der Waals surface area (Å²) in [5, 5.41) is 9.05. The van der Waals surface area contributed by atoms with E-state index in [1.807, 2.05) is 24.8 Å². The molecule has 0 spiro atoms. The van der Waals surface area contributed by atoms with E-state index in [1.165, 1.54) is 6.07 Å². The lowest BCUT2D eigenvalue weighted by molar-refractivity contribution is 0.301. The Morgan fingerprint density at radius 1 is 1.41 bits per heavy atom. The van der Waals surface area contributed by atoms with Gasteiger partial charge in [0.05, 0.1) is 12.3 Å². The molecule has 1 aromatic rings. The van der Waals surface area contributed by atoms with E-state index in [0.29, 0.717) is 18.8 Å². The first-order chi connectivity index (χ1) is 8.11. The normalized spacial score (nSPS) is 12.5. The molecule has 0 radical (unpaired) electrons. The highest BCUT2D eigenvalue weighted by Crippen LogP contribution is 2.28. The average molecular weight is 240 g/mol. The number of halogens is 1. The fourth-order valence-electron chi connectivity index (χ4n) is 1.96. The second-order valence-corrected chi connectivity index (χ2v) is 4.18. The van der Waals surface area contributed by atoms with E-state index in [0.717, 1.165) is 12.0 Å². The number of hydrogen-bond acceptors (Lipinski definition) is 3. The van der Waals surface area contributed by atoms with Crippen LogP contribution in [0.2, 0.25) is 0 Å². The molecule has 0 saturated carbocycles. The molecule has 1 aromatic carbocycles. The fourth-order valence-corrected chi connectivity index (χ4v) is 1.96. The quantitative estimate of drug-likeness (QED) is 0.800. The molecule has 4 heteroatoms. The second kappa shape index (κ2) is 6.57. The second-order valence-electron chi connectivity index (χ2n) is 4.18. The van der Waals surface area contributed by atoms with Gasteiger partial charge in [-0.25, -0.2) is 4.39 Å². The van der Waals surface area contributed by atoms with Gasteiger partial charge in [-0.15, -0.1) is 0 Å². The number of benzene rings is 1. The molecule has 3 nitrogen and oxygen atoms in total. The first-order valence-corrected chi connectivity index (χ1v) is 6.01. The first-order valence-electron chi connectivity index (χ1n) is 6.01. The Kier molecular flexibility index (Phi) is 5.38. The van der Waals surface area contributed by atoms with Crippen molar-refractivity contribution < 1.29 is 9.50 Å². The highest BCUT2D eigenvalue weighted by atomic mass is 19.1. The Bertz CT molecular complexity index is 349. The maximum atomic E-state index is 13.9. The van der Waals surface area contributed by atoms with Gasteiger partial charge in [-0.2, -0.15) is 0 Å². The third-order valence-corrected chi connectivity index (χ3v) is 2.69. The lowest BCUT2D eigenvalue weighted by Crippen LogP contribution is -2.30. The zero-order valence-electron chi connectivity index (χ0n) is 10.5. The molecule has 0 heterocycles. The molecule has 0 unspecified atom stereocenters. The maximum Gasteiger partial charge on any atom is 0.146 e. The molecule has 17 heavy (non-hydrogen) atoms. The Balaban J connectivity index is 3.14. The highest BCUT2D eigenvalue weighted by molar-refractivity contribution is 5.56. The summed E-state index contributed by atoms with van der Waals surface area (Å²) in [4.78, 5) is 1.86. The van der Waals surface area contributed by atoms with Gasteiger partial charge in [0.2, 0.25) is 0 Å². The molecule has 0 saturated heterocycles. The monoisotopic (exact) mass is 240 g/mol. The maximum absolute atomic E-state index is 13.9. The van der Waals surface area contributed by atoms with Gasteiger partial charge in [-0.3, -0.25) is 0 Å². The van der Waals surface area contributed by atoms with Gasteiger partial charge in [0.25, 0.3) is 0 Å².